The molecule has 0 radical (unpaired) electrons. The second-order valence-electron chi connectivity index (χ2n) is 4.56. The van der Waals surface area contributed by atoms with Crippen molar-refractivity contribution in [2.45, 2.75) is 26.4 Å². The summed E-state index contributed by atoms with van der Waals surface area (Å²) in [5.41, 5.74) is 0.363. The molecule has 1 aromatic carbocycles. The second-order valence-corrected chi connectivity index (χ2v) is 5.48. The van der Waals surface area contributed by atoms with E-state index in [1.165, 1.54) is 0 Å². The first kappa shape index (κ1) is 14.0. The van der Waals surface area contributed by atoms with Crippen LogP contribution in [0.1, 0.15) is 26.3 Å². The molecule has 0 heterocycles. The van der Waals surface area contributed by atoms with Crippen LogP contribution in [0.15, 0.2) is 22.7 Å². The van der Waals surface area contributed by atoms with Crippen molar-refractivity contribution >= 4 is 15.9 Å². The van der Waals surface area contributed by atoms with Gasteiger partial charge in [0.25, 0.3) is 0 Å². The van der Waals surface area contributed by atoms with Gasteiger partial charge in [-0.15, -0.1) is 0 Å². The van der Waals surface area contributed by atoms with E-state index in [0.29, 0.717) is 24.5 Å². The summed E-state index contributed by atoms with van der Waals surface area (Å²) in [4.78, 5) is 0. The molecule has 3 nitrogen and oxygen atoms in total. The van der Waals surface area contributed by atoms with Gasteiger partial charge in [0.05, 0.1) is 17.8 Å². The van der Waals surface area contributed by atoms with E-state index in [2.05, 4.69) is 22.0 Å². The fraction of sp³-hybridized carbons (Fsp3) is 0.462. The lowest BCUT2D eigenvalue weighted by molar-refractivity contribution is -0.0163. The third-order valence-corrected chi connectivity index (χ3v) is 2.43. The molecule has 0 bridgehead atoms. The van der Waals surface area contributed by atoms with E-state index in [1.54, 1.807) is 12.1 Å². The molecule has 92 valence electrons. The Labute approximate surface area is 110 Å². The maximum absolute atomic E-state index is 8.92. The van der Waals surface area contributed by atoms with Gasteiger partial charge in [-0.3, -0.25) is 0 Å². The predicted octanol–water partition coefficient (Wildman–Crippen LogP) is 3.51. The summed E-state index contributed by atoms with van der Waals surface area (Å²) < 4.78 is 12.0. The third-order valence-electron chi connectivity index (χ3n) is 1.94. The molecule has 0 amide bonds. The number of hydrogen-bond acceptors (Lipinski definition) is 3. The number of ether oxygens (including phenoxy) is 2. The van der Waals surface area contributed by atoms with E-state index in [-0.39, 0.29) is 5.60 Å². The number of nitrogens with zero attached hydrogens (tertiary/aromatic N) is 1. The zero-order valence-electron chi connectivity index (χ0n) is 10.3. The van der Waals surface area contributed by atoms with Crippen LogP contribution in [0.25, 0.3) is 0 Å². The maximum Gasteiger partial charge on any atom is 0.138 e. The van der Waals surface area contributed by atoms with Gasteiger partial charge in [0, 0.05) is 4.47 Å². The van der Waals surface area contributed by atoms with Crippen LogP contribution >= 0.6 is 15.9 Å². The van der Waals surface area contributed by atoms with Crippen molar-refractivity contribution < 1.29 is 9.47 Å². The van der Waals surface area contributed by atoms with Crippen LogP contribution in [0.4, 0.5) is 0 Å². The Morgan fingerprint density at radius 3 is 2.59 bits per heavy atom. The predicted molar refractivity (Wildman–Crippen MR) is 70.1 cm³/mol. The topological polar surface area (TPSA) is 42.2 Å². The highest BCUT2D eigenvalue weighted by Crippen LogP contribution is 2.23. The lowest BCUT2D eigenvalue weighted by atomic mass is 10.2. The van der Waals surface area contributed by atoms with Crippen LogP contribution < -0.4 is 4.74 Å². The monoisotopic (exact) mass is 297 g/mol. The minimum absolute atomic E-state index is 0.168. The van der Waals surface area contributed by atoms with Crippen molar-refractivity contribution in [2.75, 3.05) is 13.2 Å². The van der Waals surface area contributed by atoms with Crippen molar-refractivity contribution in [2.24, 2.45) is 0 Å². The number of rotatable bonds is 4. The Morgan fingerprint density at radius 1 is 1.29 bits per heavy atom. The number of hydrogen-bond donors (Lipinski definition) is 0. The Hall–Kier alpha value is -1.05. The van der Waals surface area contributed by atoms with E-state index in [9.17, 15) is 0 Å². The molecule has 0 spiro atoms. The molecule has 0 unspecified atom stereocenters. The highest BCUT2D eigenvalue weighted by molar-refractivity contribution is 9.10. The van der Waals surface area contributed by atoms with Gasteiger partial charge in [0.15, 0.2) is 0 Å². The molecule has 1 rings (SSSR count). The van der Waals surface area contributed by atoms with Crippen molar-refractivity contribution in [3.63, 3.8) is 0 Å². The molecule has 0 N–H and O–H groups in total. The van der Waals surface area contributed by atoms with Crippen LogP contribution in [0.3, 0.4) is 0 Å². The first-order valence-electron chi connectivity index (χ1n) is 5.39. The number of nitriles is 1. The molecule has 0 saturated carbocycles. The van der Waals surface area contributed by atoms with Crippen LogP contribution in [0, 0.1) is 11.3 Å². The van der Waals surface area contributed by atoms with Crippen molar-refractivity contribution in [1.82, 2.24) is 0 Å². The van der Waals surface area contributed by atoms with Crippen LogP contribution in [0.5, 0.6) is 5.75 Å². The molecule has 17 heavy (non-hydrogen) atoms. The first-order chi connectivity index (χ1) is 7.92. The van der Waals surface area contributed by atoms with Gasteiger partial charge in [-0.2, -0.15) is 5.26 Å². The lowest BCUT2D eigenvalue weighted by Gasteiger charge is -2.19. The second kappa shape index (κ2) is 6.04. The Morgan fingerprint density at radius 2 is 2.00 bits per heavy atom. The Bertz CT molecular complexity index is 418. The highest BCUT2D eigenvalue weighted by Gasteiger charge is 2.10. The van der Waals surface area contributed by atoms with E-state index in [4.69, 9.17) is 14.7 Å². The van der Waals surface area contributed by atoms with E-state index >= 15 is 0 Å². The van der Waals surface area contributed by atoms with Crippen molar-refractivity contribution in [3.05, 3.63) is 28.2 Å². The average molecular weight is 298 g/mol. The summed E-state index contributed by atoms with van der Waals surface area (Å²) >= 11 is 3.35. The fourth-order valence-corrected chi connectivity index (χ4v) is 1.55. The number of halogens is 1. The van der Waals surface area contributed by atoms with Crippen LogP contribution in [0.2, 0.25) is 0 Å². The molecule has 0 aromatic heterocycles. The zero-order valence-corrected chi connectivity index (χ0v) is 11.9. The van der Waals surface area contributed by atoms with E-state index in [0.717, 1.165) is 4.47 Å². The van der Waals surface area contributed by atoms with Crippen LogP contribution in [-0.2, 0) is 4.74 Å². The van der Waals surface area contributed by atoms with Crippen molar-refractivity contribution in [1.29, 1.82) is 5.26 Å². The summed E-state index contributed by atoms with van der Waals surface area (Å²) in [6.07, 6.45) is 0. The summed E-state index contributed by atoms with van der Waals surface area (Å²) in [7, 11) is 0. The summed E-state index contributed by atoms with van der Waals surface area (Å²) in [5.74, 6) is 0.583. The normalized spacial score (nSPS) is 11.0. The van der Waals surface area contributed by atoms with E-state index in [1.807, 2.05) is 26.8 Å². The van der Waals surface area contributed by atoms with Gasteiger partial charge in [-0.25, -0.2) is 0 Å². The molecular weight excluding hydrogens is 282 g/mol. The van der Waals surface area contributed by atoms with Gasteiger partial charge < -0.3 is 9.47 Å². The quantitative estimate of drug-likeness (QED) is 0.799. The van der Waals surface area contributed by atoms with Gasteiger partial charge in [0.1, 0.15) is 18.4 Å². The van der Waals surface area contributed by atoms with Crippen LogP contribution in [-0.4, -0.2) is 18.8 Å². The minimum atomic E-state index is -0.168. The molecule has 0 aliphatic heterocycles. The zero-order chi connectivity index (χ0) is 12.9. The maximum atomic E-state index is 8.92. The molecule has 1 aromatic rings. The van der Waals surface area contributed by atoms with Crippen molar-refractivity contribution in [3.8, 4) is 11.8 Å². The van der Waals surface area contributed by atoms with Gasteiger partial charge in [0.2, 0.25) is 0 Å². The van der Waals surface area contributed by atoms with Gasteiger partial charge in [-0.1, -0.05) is 15.9 Å². The smallest absolute Gasteiger partial charge is 0.138 e. The molecular formula is C13H16BrNO2. The highest BCUT2D eigenvalue weighted by atomic mass is 79.9. The third kappa shape index (κ3) is 5.20. The summed E-state index contributed by atoms with van der Waals surface area (Å²) in [5, 5.41) is 8.92. The van der Waals surface area contributed by atoms with Gasteiger partial charge >= 0.3 is 0 Å². The summed E-state index contributed by atoms with van der Waals surface area (Å²) in [6.45, 7) is 6.91. The standard InChI is InChI=1S/C13H16BrNO2/c1-13(2,3)17-7-6-16-12-8-11(14)5-4-10(12)9-15/h4-5,8H,6-7H2,1-3H3. The molecule has 0 saturated heterocycles. The Balaban J connectivity index is 2.52. The minimum Gasteiger partial charge on any atom is -0.490 e. The first-order valence-corrected chi connectivity index (χ1v) is 6.18. The Kier molecular flexibility index (Phi) is 4.98. The molecule has 0 fully saturated rings. The van der Waals surface area contributed by atoms with Gasteiger partial charge in [-0.05, 0) is 39.0 Å². The molecule has 0 aliphatic rings. The lowest BCUT2D eigenvalue weighted by Crippen LogP contribution is -2.22. The largest absolute Gasteiger partial charge is 0.490 e. The molecule has 0 aliphatic carbocycles. The fourth-order valence-electron chi connectivity index (χ4n) is 1.21. The van der Waals surface area contributed by atoms with E-state index < -0.39 is 0 Å². The number of benzene rings is 1. The summed E-state index contributed by atoms with van der Waals surface area (Å²) in [6, 6.07) is 7.42. The molecule has 0 atom stereocenters. The average Bonchev–Trinajstić information content (AvgIpc) is 2.23. The molecule has 4 heteroatoms. The SMILES string of the molecule is CC(C)(C)OCCOc1cc(Br)ccc1C#N.